The van der Waals surface area contributed by atoms with Gasteiger partial charge in [0.1, 0.15) is 17.4 Å². The molecule has 146 valence electrons. The molecule has 1 aliphatic rings. The number of aliphatic imine (C=N–C) groups is 1. The topological polar surface area (TPSA) is 66.9 Å². The van der Waals surface area contributed by atoms with E-state index in [0.29, 0.717) is 11.6 Å². The number of halogens is 2. The van der Waals surface area contributed by atoms with Gasteiger partial charge in [0.25, 0.3) is 0 Å². The number of imidazole rings is 1. The lowest BCUT2D eigenvalue weighted by Crippen LogP contribution is -2.19. The maximum atomic E-state index is 9.79. The molecule has 5 nitrogen and oxygen atoms in total. The maximum Gasteiger partial charge on any atom is 0.203 e. The van der Waals surface area contributed by atoms with Crippen molar-refractivity contribution in [1.82, 2.24) is 14.5 Å². The number of nitrogens with zero attached hydrogens (tertiary/aromatic N) is 5. The van der Waals surface area contributed by atoms with Gasteiger partial charge in [-0.3, -0.25) is 4.99 Å². The monoisotopic (exact) mass is 515 g/mol. The normalized spacial score (nSPS) is 18.6. The molecule has 1 atom stereocenters. The molecule has 1 unspecified atom stereocenters. The number of benzene rings is 1. The Morgan fingerprint density at radius 2 is 1.93 bits per heavy atom. The highest BCUT2D eigenvalue weighted by Gasteiger charge is 2.39. The molecule has 4 rings (SSSR count). The zero-order chi connectivity index (χ0) is 20.8. The van der Waals surface area contributed by atoms with E-state index in [4.69, 9.17) is 21.6 Å². The first-order valence-corrected chi connectivity index (χ1v) is 10.8. The van der Waals surface area contributed by atoms with Crippen molar-refractivity contribution >= 4 is 51.6 Å². The zero-order valence-corrected chi connectivity index (χ0v) is 19.3. The Kier molecular flexibility index (Phi) is 5.21. The van der Waals surface area contributed by atoms with E-state index in [1.807, 2.05) is 31.2 Å². The molecule has 29 heavy (non-hydrogen) atoms. The van der Waals surface area contributed by atoms with E-state index in [1.54, 1.807) is 6.21 Å². The number of hydrogen-bond donors (Lipinski definition) is 0. The van der Waals surface area contributed by atoms with Crippen molar-refractivity contribution in [1.29, 1.82) is 5.26 Å². The molecular formula is C22H19ClIN5. The average Bonchev–Trinajstić information content (AvgIpc) is 3.21. The third-order valence-corrected chi connectivity index (χ3v) is 7.16. The highest BCUT2D eigenvalue weighted by molar-refractivity contribution is 14.1. The minimum absolute atomic E-state index is 0.519. The van der Waals surface area contributed by atoms with Crippen LogP contribution in [0.3, 0.4) is 0 Å². The van der Waals surface area contributed by atoms with E-state index in [1.165, 1.54) is 0 Å². The quantitative estimate of drug-likeness (QED) is 0.440. The molecule has 3 aromatic rings. The number of hydrogen-bond acceptors (Lipinski definition) is 4. The molecule has 1 aromatic carbocycles. The molecule has 7 heteroatoms. The van der Waals surface area contributed by atoms with Gasteiger partial charge >= 0.3 is 0 Å². The molecule has 0 N–H and O–H groups in total. The van der Waals surface area contributed by atoms with E-state index >= 15 is 0 Å². The van der Waals surface area contributed by atoms with Crippen LogP contribution in [0.2, 0.25) is 0 Å². The molecule has 0 aliphatic carbocycles. The fourth-order valence-electron chi connectivity index (χ4n) is 3.70. The average molecular weight is 516 g/mol. The fourth-order valence-corrected chi connectivity index (χ4v) is 4.60. The molecule has 0 amide bonds. The maximum absolute atomic E-state index is 9.79. The highest BCUT2D eigenvalue weighted by Crippen LogP contribution is 2.43. The molecule has 0 saturated heterocycles. The molecule has 0 saturated carbocycles. The number of rotatable bonds is 4. The van der Waals surface area contributed by atoms with E-state index in [-0.39, 0.29) is 0 Å². The molecule has 0 fully saturated rings. The summed E-state index contributed by atoms with van der Waals surface area (Å²) in [5.74, 6) is 1.02. The summed E-state index contributed by atoms with van der Waals surface area (Å²) in [4.78, 5) is 13.9. The SMILES string of the molecule is CCc1nc2c(C)cc(C)nc2n1Cc1ccc(C2(C#N)N=CC(Cl)=C2I)cc1. The summed E-state index contributed by atoms with van der Waals surface area (Å²) >= 11 is 8.28. The minimum atomic E-state index is -1.04. The molecule has 3 heterocycles. The van der Waals surface area contributed by atoms with Crippen molar-refractivity contribution in [3.8, 4) is 6.07 Å². The van der Waals surface area contributed by atoms with Gasteiger partial charge in [-0.2, -0.15) is 5.26 Å². The van der Waals surface area contributed by atoms with Gasteiger partial charge in [0.05, 0.1) is 15.2 Å². The largest absolute Gasteiger partial charge is 0.308 e. The van der Waals surface area contributed by atoms with Crippen LogP contribution in [-0.4, -0.2) is 20.7 Å². The van der Waals surface area contributed by atoms with Crippen LogP contribution < -0.4 is 0 Å². The van der Waals surface area contributed by atoms with Gasteiger partial charge in [-0.25, -0.2) is 9.97 Å². The van der Waals surface area contributed by atoms with Crippen molar-refractivity contribution in [2.75, 3.05) is 0 Å². The van der Waals surface area contributed by atoms with Crippen LogP contribution in [-0.2, 0) is 18.5 Å². The lowest BCUT2D eigenvalue weighted by molar-refractivity contribution is 0.732. The Morgan fingerprint density at radius 3 is 2.52 bits per heavy atom. The Hall–Kier alpha value is -2.24. The van der Waals surface area contributed by atoms with Gasteiger partial charge in [0.15, 0.2) is 5.65 Å². The molecule has 2 aromatic heterocycles. The van der Waals surface area contributed by atoms with Crippen LogP contribution in [0.25, 0.3) is 11.2 Å². The number of aryl methyl sites for hydroxylation is 3. The Balaban J connectivity index is 1.72. The number of fused-ring (bicyclic) bond motifs is 1. The van der Waals surface area contributed by atoms with Crippen molar-refractivity contribution < 1.29 is 0 Å². The first-order chi connectivity index (χ1) is 13.9. The van der Waals surface area contributed by atoms with Gasteiger partial charge in [0.2, 0.25) is 5.54 Å². The summed E-state index contributed by atoms with van der Waals surface area (Å²) < 4.78 is 2.91. The summed E-state index contributed by atoms with van der Waals surface area (Å²) in [6, 6.07) is 12.4. The standard InChI is InChI=1S/C22H19ClIN5/c1-4-18-28-19-13(2)9-14(3)27-21(19)29(18)11-15-5-7-16(8-6-15)22(12-25)20(24)17(23)10-26-22/h5-10H,4,11H2,1-3H3. The van der Waals surface area contributed by atoms with Crippen LogP contribution in [0, 0.1) is 25.2 Å². The second-order valence-electron chi connectivity index (χ2n) is 7.16. The van der Waals surface area contributed by atoms with Crippen LogP contribution in [0.5, 0.6) is 0 Å². The van der Waals surface area contributed by atoms with Crippen molar-refractivity contribution in [2.45, 2.75) is 39.3 Å². The van der Waals surface area contributed by atoms with E-state index < -0.39 is 5.54 Å². The number of nitriles is 1. The number of aromatic nitrogens is 3. The number of pyridine rings is 1. The first-order valence-electron chi connectivity index (χ1n) is 9.34. The first kappa shape index (κ1) is 20.0. The van der Waals surface area contributed by atoms with Gasteiger partial charge in [-0.1, -0.05) is 42.8 Å². The molecule has 0 spiro atoms. The zero-order valence-electron chi connectivity index (χ0n) is 16.4. The summed E-state index contributed by atoms with van der Waals surface area (Å²) in [7, 11) is 0. The van der Waals surface area contributed by atoms with Crippen molar-refractivity contribution in [3.05, 3.63) is 67.2 Å². The number of allylic oxidation sites excluding steroid dienone is 1. The summed E-state index contributed by atoms with van der Waals surface area (Å²) in [5, 5.41) is 10.3. The predicted molar refractivity (Wildman–Crippen MR) is 125 cm³/mol. The van der Waals surface area contributed by atoms with Gasteiger partial charge < -0.3 is 4.57 Å². The Morgan fingerprint density at radius 1 is 1.21 bits per heavy atom. The second-order valence-corrected chi connectivity index (χ2v) is 8.65. The van der Waals surface area contributed by atoms with Crippen LogP contribution >= 0.6 is 34.2 Å². The van der Waals surface area contributed by atoms with E-state index in [2.05, 4.69) is 58.1 Å². The summed E-state index contributed by atoms with van der Waals surface area (Å²) in [5.41, 5.74) is 4.90. The van der Waals surface area contributed by atoms with Crippen LogP contribution in [0.1, 0.15) is 35.1 Å². The van der Waals surface area contributed by atoms with Gasteiger partial charge in [-0.15, -0.1) is 0 Å². The fraction of sp³-hybridized carbons (Fsp3) is 0.273. The van der Waals surface area contributed by atoms with E-state index in [0.717, 1.165) is 49.4 Å². The summed E-state index contributed by atoms with van der Waals surface area (Å²) in [6.45, 7) is 6.86. The van der Waals surface area contributed by atoms with Crippen LogP contribution in [0.15, 0.2) is 43.9 Å². The second kappa shape index (κ2) is 7.54. The third-order valence-electron chi connectivity index (χ3n) is 5.19. The lowest BCUT2D eigenvalue weighted by Gasteiger charge is -2.19. The van der Waals surface area contributed by atoms with Gasteiger partial charge in [-0.05, 0) is 59.2 Å². The predicted octanol–water partition coefficient (Wildman–Crippen LogP) is 5.35. The molecule has 0 radical (unpaired) electrons. The minimum Gasteiger partial charge on any atom is -0.308 e. The van der Waals surface area contributed by atoms with Crippen molar-refractivity contribution in [2.24, 2.45) is 4.99 Å². The van der Waals surface area contributed by atoms with Crippen LogP contribution in [0.4, 0.5) is 0 Å². The molecule has 1 aliphatic heterocycles. The lowest BCUT2D eigenvalue weighted by atomic mass is 9.92. The summed E-state index contributed by atoms with van der Waals surface area (Å²) in [6.07, 6.45) is 2.39. The highest BCUT2D eigenvalue weighted by atomic mass is 127. The Bertz CT molecular complexity index is 1220. The Labute approximate surface area is 188 Å². The van der Waals surface area contributed by atoms with Crippen molar-refractivity contribution in [3.63, 3.8) is 0 Å². The molecule has 0 bridgehead atoms. The third kappa shape index (κ3) is 3.26. The smallest absolute Gasteiger partial charge is 0.203 e. The molecular weight excluding hydrogens is 497 g/mol. The van der Waals surface area contributed by atoms with Gasteiger partial charge in [0, 0.05) is 18.3 Å². The van der Waals surface area contributed by atoms with E-state index in [9.17, 15) is 5.26 Å².